The molecule has 2 rings (SSSR count). The highest BCUT2D eigenvalue weighted by Gasteiger charge is 2.34. The molecule has 1 saturated heterocycles. The molecule has 0 aromatic heterocycles. The predicted octanol–water partition coefficient (Wildman–Crippen LogP) is 1.85. The fraction of sp³-hybridized carbons (Fsp3) is 0.533. The number of carbonyl (C=O) groups excluding carboxylic acids is 1. The van der Waals surface area contributed by atoms with Crippen LogP contribution in [0, 0.1) is 5.82 Å². The Hall–Kier alpha value is -1.46. The van der Waals surface area contributed by atoms with Crippen LogP contribution in [0.25, 0.3) is 0 Å². The lowest BCUT2D eigenvalue weighted by atomic mass is 9.90. The smallest absolute Gasteiger partial charge is 0.223 e. The molecule has 2 atom stereocenters. The zero-order chi connectivity index (χ0) is 14.5. The molecular weight excluding hydrogens is 259 g/mol. The molecule has 1 amide bonds. The van der Waals surface area contributed by atoms with E-state index in [4.69, 9.17) is 10.5 Å². The third-order valence-electron chi connectivity index (χ3n) is 3.71. The van der Waals surface area contributed by atoms with Crippen molar-refractivity contribution in [2.75, 3.05) is 20.3 Å². The standard InChI is InChI=1S/C15H21FN2O2/c1-20-10-2-9-18-14(19)8-7-13(17)15(18)11-3-5-12(16)6-4-11/h3-6,13,15H,2,7-10,17H2,1H3. The van der Waals surface area contributed by atoms with Crippen LogP contribution in [0.15, 0.2) is 24.3 Å². The highest BCUT2D eigenvalue weighted by Crippen LogP contribution is 2.31. The van der Waals surface area contributed by atoms with Crippen LogP contribution >= 0.6 is 0 Å². The maximum Gasteiger partial charge on any atom is 0.223 e. The molecule has 4 nitrogen and oxygen atoms in total. The van der Waals surface area contributed by atoms with Gasteiger partial charge in [0.1, 0.15) is 5.82 Å². The molecule has 1 heterocycles. The van der Waals surface area contributed by atoms with Crippen molar-refractivity contribution in [1.82, 2.24) is 4.90 Å². The molecule has 0 bridgehead atoms. The van der Waals surface area contributed by atoms with Gasteiger partial charge in [0, 0.05) is 32.7 Å². The molecule has 0 saturated carbocycles. The summed E-state index contributed by atoms with van der Waals surface area (Å²) < 4.78 is 18.1. The highest BCUT2D eigenvalue weighted by molar-refractivity contribution is 5.78. The second-order valence-electron chi connectivity index (χ2n) is 5.13. The lowest BCUT2D eigenvalue weighted by Crippen LogP contribution is -2.49. The van der Waals surface area contributed by atoms with Crippen LogP contribution in [0.2, 0.25) is 0 Å². The van der Waals surface area contributed by atoms with Crippen molar-refractivity contribution in [1.29, 1.82) is 0 Å². The maximum absolute atomic E-state index is 13.0. The van der Waals surface area contributed by atoms with E-state index >= 15 is 0 Å². The van der Waals surface area contributed by atoms with Gasteiger partial charge in [-0.15, -0.1) is 0 Å². The average molecular weight is 280 g/mol. The van der Waals surface area contributed by atoms with Crippen molar-refractivity contribution in [2.45, 2.75) is 31.3 Å². The van der Waals surface area contributed by atoms with Crippen molar-refractivity contribution in [2.24, 2.45) is 5.73 Å². The SMILES string of the molecule is COCCCN1C(=O)CCC(N)C1c1ccc(F)cc1. The number of halogens is 1. The van der Waals surface area contributed by atoms with E-state index in [1.54, 1.807) is 24.1 Å². The summed E-state index contributed by atoms with van der Waals surface area (Å²) in [4.78, 5) is 13.9. The van der Waals surface area contributed by atoms with Gasteiger partial charge in [-0.2, -0.15) is 0 Å². The summed E-state index contributed by atoms with van der Waals surface area (Å²) in [6.07, 6.45) is 1.92. The minimum Gasteiger partial charge on any atom is -0.385 e. The number of likely N-dealkylation sites (tertiary alicyclic amines) is 1. The Bertz CT molecular complexity index is 450. The van der Waals surface area contributed by atoms with Crippen molar-refractivity contribution in [3.05, 3.63) is 35.6 Å². The topological polar surface area (TPSA) is 55.6 Å². The van der Waals surface area contributed by atoms with Gasteiger partial charge in [0.25, 0.3) is 0 Å². The second-order valence-corrected chi connectivity index (χ2v) is 5.13. The Kier molecular flexibility index (Phi) is 5.09. The van der Waals surface area contributed by atoms with Gasteiger partial charge in [-0.25, -0.2) is 4.39 Å². The first-order valence-electron chi connectivity index (χ1n) is 6.93. The summed E-state index contributed by atoms with van der Waals surface area (Å²) in [5, 5.41) is 0. The fourth-order valence-corrected chi connectivity index (χ4v) is 2.71. The summed E-state index contributed by atoms with van der Waals surface area (Å²) in [5.41, 5.74) is 7.08. The van der Waals surface area contributed by atoms with Crippen LogP contribution in [-0.2, 0) is 9.53 Å². The zero-order valence-electron chi connectivity index (χ0n) is 11.7. The first kappa shape index (κ1) is 14.9. The van der Waals surface area contributed by atoms with E-state index in [0.29, 0.717) is 26.0 Å². The van der Waals surface area contributed by atoms with E-state index in [9.17, 15) is 9.18 Å². The molecule has 0 spiro atoms. The van der Waals surface area contributed by atoms with Crippen molar-refractivity contribution in [3.63, 3.8) is 0 Å². The number of nitrogens with two attached hydrogens (primary N) is 1. The van der Waals surface area contributed by atoms with Crippen molar-refractivity contribution in [3.8, 4) is 0 Å². The Labute approximate surface area is 118 Å². The molecule has 0 aliphatic carbocycles. The second kappa shape index (κ2) is 6.81. The minimum absolute atomic E-state index is 0.108. The summed E-state index contributed by atoms with van der Waals surface area (Å²) in [6, 6.07) is 5.96. The molecule has 1 aliphatic rings. The molecular formula is C15H21FN2O2. The van der Waals surface area contributed by atoms with E-state index in [1.165, 1.54) is 12.1 Å². The molecule has 1 fully saturated rings. The van der Waals surface area contributed by atoms with E-state index in [2.05, 4.69) is 0 Å². The molecule has 1 aliphatic heterocycles. The fourth-order valence-electron chi connectivity index (χ4n) is 2.71. The number of piperidine rings is 1. The monoisotopic (exact) mass is 280 g/mol. The van der Waals surface area contributed by atoms with Gasteiger partial charge < -0.3 is 15.4 Å². The van der Waals surface area contributed by atoms with E-state index in [0.717, 1.165) is 12.0 Å². The molecule has 5 heteroatoms. The first-order valence-corrected chi connectivity index (χ1v) is 6.93. The van der Waals surface area contributed by atoms with Gasteiger partial charge in [-0.05, 0) is 30.5 Å². The minimum atomic E-state index is -0.282. The Morgan fingerprint density at radius 2 is 2.10 bits per heavy atom. The lowest BCUT2D eigenvalue weighted by Gasteiger charge is -2.40. The third kappa shape index (κ3) is 3.35. The number of amides is 1. The van der Waals surface area contributed by atoms with Gasteiger partial charge in [-0.1, -0.05) is 12.1 Å². The summed E-state index contributed by atoms with van der Waals surface area (Å²) in [7, 11) is 1.64. The third-order valence-corrected chi connectivity index (χ3v) is 3.71. The first-order chi connectivity index (χ1) is 9.63. The van der Waals surface area contributed by atoms with Crippen LogP contribution < -0.4 is 5.73 Å². The Morgan fingerprint density at radius 1 is 1.40 bits per heavy atom. The van der Waals surface area contributed by atoms with Gasteiger partial charge in [0.2, 0.25) is 5.91 Å². The maximum atomic E-state index is 13.0. The Balaban J connectivity index is 2.18. The van der Waals surface area contributed by atoms with Crippen molar-refractivity contribution >= 4 is 5.91 Å². The summed E-state index contributed by atoms with van der Waals surface area (Å²) >= 11 is 0. The number of nitrogens with zero attached hydrogens (tertiary/aromatic N) is 1. The average Bonchev–Trinajstić information content (AvgIpc) is 2.44. The number of ether oxygens (including phenoxy) is 1. The quantitative estimate of drug-likeness (QED) is 0.838. The van der Waals surface area contributed by atoms with Crippen LogP contribution in [-0.4, -0.2) is 37.1 Å². The molecule has 0 radical (unpaired) electrons. The zero-order valence-corrected chi connectivity index (χ0v) is 11.7. The highest BCUT2D eigenvalue weighted by atomic mass is 19.1. The van der Waals surface area contributed by atoms with Crippen LogP contribution in [0.5, 0.6) is 0 Å². The Morgan fingerprint density at radius 3 is 2.75 bits per heavy atom. The molecule has 20 heavy (non-hydrogen) atoms. The predicted molar refractivity (Wildman–Crippen MR) is 74.6 cm³/mol. The number of hydrogen-bond acceptors (Lipinski definition) is 3. The number of carbonyl (C=O) groups is 1. The molecule has 1 aromatic carbocycles. The van der Waals surface area contributed by atoms with Crippen molar-refractivity contribution < 1.29 is 13.9 Å². The van der Waals surface area contributed by atoms with E-state index in [-0.39, 0.29) is 23.8 Å². The summed E-state index contributed by atoms with van der Waals surface area (Å²) in [6.45, 7) is 1.22. The van der Waals surface area contributed by atoms with Crippen LogP contribution in [0.1, 0.15) is 30.9 Å². The van der Waals surface area contributed by atoms with Crippen LogP contribution in [0.4, 0.5) is 4.39 Å². The van der Waals surface area contributed by atoms with Gasteiger partial charge >= 0.3 is 0 Å². The van der Waals surface area contributed by atoms with E-state index in [1.807, 2.05) is 0 Å². The van der Waals surface area contributed by atoms with Crippen LogP contribution in [0.3, 0.4) is 0 Å². The largest absolute Gasteiger partial charge is 0.385 e. The number of rotatable bonds is 5. The number of hydrogen-bond donors (Lipinski definition) is 1. The molecule has 2 unspecified atom stereocenters. The molecule has 110 valence electrons. The lowest BCUT2D eigenvalue weighted by molar-refractivity contribution is -0.137. The van der Waals surface area contributed by atoms with Gasteiger partial charge in [0.15, 0.2) is 0 Å². The normalized spacial score (nSPS) is 23.1. The van der Waals surface area contributed by atoms with E-state index < -0.39 is 0 Å². The number of methoxy groups -OCH3 is 1. The summed E-state index contributed by atoms with van der Waals surface area (Å²) in [5.74, 6) is -0.174. The molecule has 1 aromatic rings. The number of benzene rings is 1. The molecule has 2 N–H and O–H groups in total. The van der Waals surface area contributed by atoms with Gasteiger partial charge in [0.05, 0.1) is 6.04 Å². The van der Waals surface area contributed by atoms with Gasteiger partial charge in [-0.3, -0.25) is 4.79 Å².